The number of allylic oxidation sites excluding steroid dienone is 1. The molecule has 2 aliphatic heterocycles. The van der Waals surface area contributed by atoms with Gasteiger partial charge in [-0.3, -0.25) is 0 Å². The lowest BCUT2D eigenvalue weighted by Crippen LogP contribution is -2.42. The van der Waals surface area contributed by atoms with Crippen molar-refractivity contribution >= 4 is 23.1 Å². The van der Waals surface area contributed by atoms with E-state index in [1.165, 1.54) is 6.07 Å². The minimum atomic E-state index is -0.614. The van der Waals surface area contributed by atoms with Crippen molar-refractivity contribution in [3.63, 3.8) is 0 Å². The van der Waals surface area contributed by atoms with Gasteiger partial charge >= 0.3 is 0 Å². The fraction of sp³-hybridized carbons (Fsp3) is 0.393. The molecule has 7 nitrogen and oxygen atoms in total. The van der Waals surface area contributed by atoms with Gasteiger partial charge in [0.2, 0.25) is 5.95 Å². The molecule has 0 aliphatic carbocycles. The molecule has 1 saturated heterocycles. The quantitative estimate of drug-likeness (QED) is 0.483. The number of hydrogen-bond acceptors (Lipinski definition) is 7. The molecule has 0 unspecified atom stereocenters. The summed E-state index contributed by atoms with van der Waals surface area (Å²) < 4.78 is 29.8. The molecule has 0 amide bonds. The highest BCUT2D eigenvalue weighted by Crippen LogP contribution is 2.35. The Morgan fingerprint density at radius 2 is 1.81 bits per heavy atom. The van der Waals surface area contributed by atoms with Gasteiger partial charge in [-0.25, -0.2) is 23.7 Å². The smallest absolute Gasteiger partial charge is 0.229 e. The molecule has 1 fully saturated rings. The summed E-state index contributed by atoms with van der Waals surface area (Å²) in [5.41, 5.74) is 2.80. The van der Waals surface area contributed by atoms with Gasteiger partial charge < -0.3 is 20.0 Å². The van der Waals surface area contributed by atoms with Crippen molar-refractivity contribution in [3.8, 4) is 11.3 Å². The number of piperidine rings is 1. The molecule has 2 aromatic heterocycles. The van der Waals surface area contributed by atoms with Crippen molar-refractivity contribution in [3.05, 3.63) is 66.1 Å². The first-order valence-electron chi connectivity index (χ1n) is 12.7. The summed E-state index contributed by atoms with van der Waals surface area (Å²) >= 11 is 0. The summed E-state index contributed by atoms with van der Waals surface area (Å²) in [6.07, 6.45) is 9.54. The third-order valence-corrected chi connectivity index (χ3v) is 7.16. The third kappa shape index (κ3) is 5.27. The van der Waals surface area contributed by atoms with Crippen LogP contribution in [0.5, 0.6) is 0 Å². The van der Waals surface area contributed by atoms with Crippen LogP contribution in [0.25, 0.3) is 11.3 Å². The number of nitrogens with zero attached hydrogens (tertiary/aromatic N) is 6. The summed E-state index contributed by atoms with van der Waals surface area (Å²) in [7, 11) is 4.26. The number of halogens is 2. The maximum Gasteiger partial charge on any atom is 0.229 e. The van der Waals surface area contributed by atoms with Crippen molar-refractivity contribution in [2.75, 3.05) is 42.3 Å². The Morgan fingerprint density at radius 1 is 1.03 bits per heavy atom. The van der Waals surface area contributed by atoms with Gasteiger partial charge in [-0.15, -0.1) is 0 Å². The maximum atomic E-state index is 15.0. The molecular weight excluding hydrogens is 472 g/mol. The van der Waals surface area contributed by atoms with E-state index in [1.807, 2.05) is 49.4 Å². The monoisotopic (exact) mass is 505 g/mol. The van der Waals surface area contributed by atoms with E-state index >= 15 is 4.39 Å². The predicted molar refractivity (Wildman–Crippen MR) is 144 cm³/mol. The van der Waals surface area contributed by atoms with Gasteiger partial charge in [0.05, 0.1) is 18.1 Å². The van der Waals surface area contributed by atoms with Gasteiger partial charge in [-0.1, -0.05) is 6.08 Å². The standard InChI is InChI=1S/C28H33F2N7/c1-18(2)37-11-5-6-22-23(29)14-19(15-25(22)37)27-24(30)17-32-28(34-27)33-26-8-7-21(16-31-26)36-12-9-20(10-13-36)35(3)4/h5,7-8,11,14-18,20H,6,9-10,12-13H2,1-4H3,(H,31,32,33,34). The first-order valence-corrected chi connectivity index (χ1v) is 12.7. The van der Waals surface area contributed by atoms with Crippen LogP contribution in [0.1, 0.15) is 32.3 Å². The van der Waals surface area contributed by atoms with Crippen molar-refractivity contribution in [1.29, 1.82) is 0 Å². The van der Waals surface area contributed by atoms with Gasteiger partial charge in [0.25, 0.3) is 0 Å². The molecule has 0 spiro atoms. The Balaban J connectivity index is 1.35. The van der Waals surface area contributed by atoms with Gasteiger partial charge in [-0.05, 0) is 71.5 Å². The van der Waals surface area contributed by atoms with Crippen LogP contribution >= 0.6 is 0 Å². The number of rotatable bonds is 6. The molecule has 0 bridgehead atoms. The van der Waals surface area contributed by atoms with Crippen LogP contribution in [0.2, 0.25) is 0 Å². The molecule has 37 heavy (non-hydrogen) atoms. The molecule has 0 saturated carbocycles. The van der Waals surface area contributed by atoms with Crippen molar-refractivity contribution < 1.29 is 8.78 Å². The summed E-state index contributed by atoms with van der Waals surface area (Å²) in [5.74, 6) is -0.238. The molecule has 1 aromatic carbocycles. The number of anilines is 4. The van der Waals surface area contributed by atoms with Gasteiger partial charge in [0.15, 0.2) is 5.82 Å². The van der Waals surface area contributed by atoms with E-state index in [0.29, 0.717) is 29.4 Å². The Kier molecular flexibility index (Phi) is 7.06. The zero-order valence-electron chi connectivity index (χ0n) is 21.7. The minimum absolute atomic E-state index is 0.0397. The van der Waals surface area contributed by atoms with Gasteiger partial charge in [-0.2, -0.15) is 0 Å². The fourth-order valence-corrected chi connectivity index (χ4v) is 5.04. The Hall–Kier alpha value is -3.59. The second kappa shape index (κ2) is 10.4. The van der Waals surface area contributed by atoms with E-state index in [-0.39, 0.29) is 23.5 Å². The average molecular weight is 506 g/mol. The van der Waals surface area contributed by atoms with Crippen molar-refractivity contribution in [2.45, 2.75) is 45.2 Å². The number of pyridine rings is 1. The SMILES string of the molecule is CC(C)N1C=CCc2c(F)cc(-c3nc(Nc4ccc(N5CCC(N(C)C)CC5)cn4)ncc3F)cc21. The number of hydrogen-bond donors (Lipinski definition) is 1. The van der Waals surface area contributed by atoms with E-state index in [9.17, 15) is 4.39 Å². The summed E-state index contributed by atoms with van der Waals surface area (Å²) in [6, 6.07) is 7.77. The number of benzene rings is 1. The Morgan fingerprint density at radius 3 is 2.49 bits per heavy atom. The van der Waals surface area contributed by atoms with Crippen LogP contribution in [0.15, 0.2) is 48.9 Å². The van der Waals surface area contributed by atoms with E-state index in [0.717, 1.165) is 43.5 Å². The molecule has 4 heterocycles. The van der Waals surface area contributed by atoms with Gasteiger partial charge in [0, 0.05) is 48.2 Å². The third-order valence-electron chi connectivity index (χ3n) is 7.16. The second-order valence-electron chi connectivity index (χ2n) is 10.1. The van der Waals surface area contributed by atoms with Crippen LogP contribution in [0.4, 0.5) is 31.9 Å². The highest BCUT2D eigenvalue weighted by atomic mass is 19.1. The first-order chi connectivity index (χ1) is 17.8. The average Bonchev–Trinajstić information content (AvgIpc) is 2.90. The second-order valence-corrected chi connectivity index (χ2v) is 10.1. The van der Waals surface area contributed by atoms with Crippen LogP contribution in [0.3, 0.4) is 0 Å². The zero-order valence-corrected chi connectivity index (χ0v) is 21.7. The molecule has 3 aromatic rings. The zero-order chi connectivity index (χ0) is 26.1. The topological polar surface area (TPSA) is 60.4 Å². The van der Waals surface area contributed by atoms with E-state index in [1.54, 1.807) is 6.07 Å². The maximum absolute atomic E-state index is 15.0. The number of nitrogens with one attached hydrogen (secondary N) is 1. The molecule has 5 rings (SSSR count). The lowest BCUT2D eigenvalue weighted by atomic mass is 9.99. The summed E-state index contributed by atoms with van der Waals surface area (Å²) in [6.45, 7) is 6.04. The minimum Gasteiger partial charge on any atom is -0.370 e. The lowest BCUT2D eigenvalue weighted by Gasteiger charge is -2.36. The fourth-order valence-electron chi connectivity index (χ4n) is 5.04. The van der Waals surface area contributed by atoms with Crippen molar-refractivity contribution in [2.24, 2.45) is 0 Å². The molecule has 194 valence electrons. The van der Waals surface area contributed by atoms with Crippen LogP contribution in [0, 0.1) is 11.6 Å². The molecule has 1 N–H and O–H groups in total. The Labute approximate surface area is 216 Å². The summed E-state index contributed by atoms with van der Waals surface area (Å²) in [4.78, 5) is 19.6. The van der Waals surface area contributed by atoms with E-state index < -0.39 is 5.82 Å². The first kappa shape index (κ1) is 25.1. The predicted octanol–water partition coefficient (Wildman–Crippen LogP) is 5.38. The molecule has 2 aliphatic rings. The highest BCUT2D eigenvalue weighted by Gasteiger charge is 2.23. The van der Waals surface area contributed by atoms with E-state index in [4.69, 9.17) is 0 Å². The van der Waals surface area contributed by atoms with Gasteiger partial charge in [0.1, 0.15) is 17.3 Å². The molecule has 9 heteroatoms. The number of aromatic nitrogens is 3. The Bertz CT molecular complexity index is 1280. The molecule has 0 atom stereocenters. The summed E-state index contributed by atoms with van der Waals surface area (Å²) in [5, 5.41) is 3.06. The largest absolute Gasteiger partial charge is 0.370 e. The van der Waals surface area contributed by atoms with Crippen LogP contribution in [-0.2, 0) is 6.42 Å². The van der Waals surface area contributed by atoms with Crippen molar-refractivity contribution in [1.82, 2.24) is 19.9 Å². The normalized spacial score (nSPS) is 16.0. The van der Waals surface area contributed by atoms with Crippen LogP contribution < -0.4 is 15.1 Å². The molecule has 0 radical (unpaired) electrons. The lowest BCUT2D eigenvalue weighted by molar-refractivity contribution is 0.249. The van der Waals surface area contributed by atoms with Crippen LogP contribution in [-0.4, -0.2) is 59.1 Å². The number of fused-ring (bicyclic) bond motifs is 1. The highest BCUT2D eigenvalue weighted by molar-refractivity contribution is 5.72. The molecular formula is C28H33F2N7. The van der Waals surface area contributed by atoms with E-state index in [2.05, 4.69) is 44.2 Å².